The topological polar surface area (TPSA) is 65.7 Å². The summed E-state index contributed by atoms with van der Waals surface area (Å²) in [5.74, 6) is 0. The van der Waals surface area contributed by atoms with E-state index in [1.165, 1.54) is 0 Å². The van der Waals surface area contributed by atoms with Crippen molar-refractivity contribution in [1.29, 1.82) is 0 Å². The summed E-state index contributed by atoms with van der Waals surface area (Å²) in [5, 5.41) is 0. The number of aromatic amines is 2. The summed E-state index contributed by atoms with van der Waals surface area (Å²) in [6.45, 7) is 4.10. The predicted molar refractivity (Wildman–Crippen MR) is 114 cm³/mol. The molecule has 0 fully saturated rings. The maximum absolute atomic E-state index is 11.4. The SMILES string of the molecule is Cc1ccc(C(c2ccc(C)cc2)(c2ccc(C=O)[nH]2)c2ccc(C=O)[nH]2)cc1. The van der Waals surface area contributed by atoms with Gasteiger partial charge in [0.1, 0.15) is 5.41 Å². The summed E-state index contributed by atoms with van der Waals surface area (Å²) >= 11 is 0. The van der Waals surface area contributed by atoms with Crippen LogP contribution in [0, 0.1) is 13.8 Å². The fourth-order valence-electron chi connectivity index (χ4n) is 3.94. The molecule has 29 heavy (non-hydrogen) atoms. The molecule has 4 heteroatoms. The average molecular weight is 382 g/mol. The van der Waals surface area contributed by atoms with Gasteiger partial charge in [0.25, 0.3) is 0 Å². The molecule has 0 radical (unpaired) electrons. The Morgan fingerprint density at radius 2 is 0.966 bits per heavy atom. The minimum atomic E-state index is -0.732. The van der Waals surface area contributed by atoms with Crippen molar-refractivity contribution in [3.63, 3.8) is 0 Å². The van der Waals surface area contributed by atoms with Gasteiger partial charge in [-0.15, -0.1) is 0 Å². The Labute approximate surface area is 169 Å². The summed E-state index contributed by atoms with van der Waals surface area (Å²) in [6.07, 6.45) is 1.62. The lowest BCUT2D eigenvalue weighted by Crippen LogP contribution is -2.32. The molecule has 0 unspecified atom stereocenters. The third-order valence-corrected chi connectivity index (χ3v) is 5.45. The van der Waals surface area contributed by atoms with Crippen LogP contribution in [0.2, 0.25) is 0 Å². The number of carbonyl (C=O) groups excluding carboxylic acids is 2. The normalized spacial score (nSPS) is 11.4. The number of aldehydes is 2. The van der Waals surface area contributed by atoms with Gasteiger partial charge in [-0.25, -0.2) is 0 Å². The van der Waals surface area contributed by atoms with Crippen molar-refractivity contribution in [3.8, 4) is 0 Å². The molecule has 2 aromatic carbocycles. The molecule has 0 saturated heterocycles. The summed E-state index contributed by atoms with van der Waals surface area (Å²) in [7, 11) is 0. The van der Waals surface area contributed by atoms with Crippen LogP contribution in [0.5, 0.6) is 0 Å². The molecule has 0 amide bonds. The molecule has 2 N–H and O–H groups in total. The van der Waals surface area contributed by atoms with Gasteiger partial charge in [-0.05, 0) is 49.2 Å². The molecule has 0 aliphatic carbocycles. The molecule has 0 bridgehead atoms. The summed E-state index contributed by atoms with van der Waals surface area (Å²) in [5.41, 5.74) is 6.37. The molecule has 4 nitrogen and oxygen atoms in total. The van der Waals surface area contributed by atoms with E-state index in [2.05, 4.69) is 72.3 Å². The first kappa shape index (κ1) is 18.7. The van der Waals surface area contributed by atoms with Crippen molar-refractivity contribution >= 4 is 12.6 Å². The van der Waals surface area contributed by atoms with Crippen LogP contribution in [-0.2, 0) is 5.41 Å². The largest absolute Gasteiger partial charge is 0.355 e. The highest BCUT2D eigenvalue weighted by Gasteiger charge is 2.41. The number of rotatable bonds is 6. The highest BCUT2D eigenvalue weighted by Crippen LogP contribution is 2.44. The predicted octanol–water partition coefficient (Wildman–Crippen LogP) is 4.97. The smallest absolute Gasteiger partial charge is 0.166 e. The van der Waals surface area contributed by atoms with Crippen molar-refractivity contribution in [3.05, 3.63) is 118 Å². The molecule has 144 valence electrons. The first-order chi connectivity index (χ1) is 14.1. The van der Waals surface area contributed by atoms with Crippen molar-refractivity contribution in [2.45, 2.75) is 19.3 Å². The van der Waals surface area contributed by atoms with E-state index in [4.69, 9.17) is 0 Å². The molecule has 2 heterocycles. The zero-order valence-electron chi connectivity index (χ0n) is 16.4. The molecule has 0 aliphatic rings. The number of nitrogens with one attached hydrogen (secondary N) is 2. The standard InChI is InChI=1S/C25H22N2O2/c1-17-3-7-19(8-4-17)25(20-9-5-18(2)6-10-20,23-13-11-21(15-28)26-23)24-14-12-22(16-29)27-24/h3-16,26-27H,1-2H3. The third-order valence-electron chi connectivity index (χ3n) is 5.45. The van der Waals surface area contributed by atoms with Gasteiger partial charge in [0.15, 0.2) is 12.6 Å². The fourth-order valence-corrected chi connectivity index (χ4v) is 3.94. The zero-order chi connectivity index (χ0) is 20.4. The van der Waals surface area contributed by atoms with Crippen LogP contribution in [-0.4, -0.2) is 22.5 Å². The van der Waals surface area contributed by atoms with Gasteiger partial charge in [-0.1, -0.05) is 59.7 Å². The van der Waals surface area contributed by atoms with Gasteiger partial charge >= 0.3 is 0 Å². The van der Waals surface area contributed by atoms with Gasteiger partial charge in [0.2, 0.25) is 0 Å². The Balaban J connectivity index is 2.11. The Hall–Kier alpha value is -3.66. The molecule has 2 aromatic heterocycles. The van der Waals surface area contributed by atoms with Crippen LogP contribution < -0.4 is 0 Å². The second-order valence-electron chi connectivity index (χ2n) is 7.37. The number of benzene rings is 2. The lowest BCUT2D eigenvalue weighted by molar-refractivity contribution is 0.111. The zero-order valence-corrected chi connectivity index (χ0v) is 16.4. The van der Waals surface area contributed by atoms with E-state index in [-0.39, 0.29) is 0 Å². The van der Waals surface area contributed by atoms with Crippen molar-refractivity contribution in [2.24, 2.45) is 0 Å². The molecule has 0 spiro atoms. The molecular formula is C25H22N2O2. The van der Waals surface area contributed by atoms with Crippen LogP contribution >= 0.6 is 0 Å². The Bertz CT molecular complexity index is 1050. The van der Waals surface area contributed by atoms with Crippen molar-refractivity contribution < 1.29 is 9.59 Å². The number of H-pyrrole nitrogens is 2. The second-order valence-corrected chi connectivity index (χ2v) is 7.37. The van der Waals surface area contributed by atoms with Crippen LogP contribution in [0.3, 0.4) is 0 Å². The maximum atomic E-state index is 11.4. The van der Waals surface area contributed by atoms with Gasteiger partial charge in [0.05, 0.1) is 11.4 Å². The van der Waals surface area contributed by atoms with E-state index in [0.29, 0.717) is 11.4 Å². The number of aryl methyl sites for hydroxylation is 2. The first-order valence-electron chi connectivity index (χ1n) is 9.51. The number of hydrogen-bond donors (Lipinski definition) is 2. The Morgan fingerprint density at radius 3 is 1.28 bits per heavy atom. The summed E-state index contributed by atoms with van der Waals surface area (Å²) in [6, 6.07) is 24.1. The van der Waals surface area contributed by atoms with Gasteiger partial charge in [0, 0.05) is 11.4 Å². The van der Waals surface area contributed by atoms with Crippen molar-refractivity contribution in [2.75, 3.05) is 0 Å². The van der Waals surface area contributed by atoms with E-state index in [1.54, 1.807) is 12.1 Å². The van der Waals surface area contributed by atoms with E-state index < -0.39 is 5.41 Å². The first-order valence-corrected chi connectivity index (χ1v) is 9.51. The minimum absolute atomic E-state index is 0.505. The highest BCUT2D eigenvalue weighted by molar-refractivity contribution is 5.74. The quantitative estimate of drug-likeness (QED) is 0.463. The van der Waals surface area contributed by atoms with E-state index >= 15 is 0 Å². The second kappa shape index (κ2) is 7.40. The van der Waals surface area contributed by atoms with Crippen LogP contribution in [0.1, 0.15) is 54.6 Å². The van der Waals surface area contributed by atoms with Crippen LogP contribution in [0.25, 0.3) is 0 Å². The molecular weight excluding hydrogens is 360 g/mol. The molecule has 0 atom stereocenters. The lowest BCUT2D eigenvalue weighted by atomic mass is 9.69. The van der Waals surface area contributed by atoms with E-state index in [9.17, 15) is 9.59 Å². The van der Waals surface area contributed by atoms with Crippen LogP contribution in [0.4, 0.5) is 0 Å². The summed E-state index contributed by atoms with van der Waals surface area (Å²) in [4.78, 5) is 29.4. The number of hydrogen-bond acceptors (Lipinski definition) is 2. The monoisotopic (exact) mass is 382 g/mol. The lowest BCUT2D eigenvalue weighted by Gasteiger charge is -2.34. The fraction of sp³-hybridized carbons (Fsp3) is 0.120. The number of carbonyl (C=O) groups is 2. The van der Waals surface area contributed by atoms with Gasteiger partial charge in [-0.2, -0.15) is 0 Å². The number of aromatic nitrogens is 2. The summed E-state index contributed by atoms with van der Waals surface area (Å²) < 4.78 is 0. The molecule has 4 rings (SSSR count). The Morgan fingerprint density at radius 1 is 0.586 bits per heavy atom. The molecule has 0 aliphatic heterocycles. The maximum Gasteiger partial charge on any atom is 0.166 e. The molecule has 0 saturated carbocycles. The molecule has 4 aromatic rings. The van der Waals surface area contributed by atoms with E-state index in [0.717, 1.165) is 46.2 Å². The van der Waals surface area contributed by atoms with Crippen LogP contribution in [0.15, 0.2) is 72.8 Å². The van der Waals surface area contributed by atoms with Crippen molar-refractivity contribution in [1.82, 2.24) is 9.97 Å². The third kappa shape index (κ3) is 3.13. The van der Waals surface area contributed by atoms with Gasteiger partial charge < -0.3 is 9.97 Å². The van der Waals surface area contributed by atoms with Gasteiger partial charge in [-0.3, -0.25) is 9.59 Å². The van der Waals surface area contributed by atoms with E-state index in [1.807, 2.05) is 12.1 Å². The highest BCUT2D eigenvalue weighted by atomic mass is 16.1. The minimum Gasteiger partial charge on any atom is -0.355 e. The average Bonchev–Trinajstić information content (AvgIpc) is 3.41. The Kier molecular flexibility index (Phi) is 4.77.